The molecule has 124 valence electrons. The summed E-state index contributed by atoms with van der Waals surface area (Å²) in [5.41, 5.74) is 0.528. The summed E-state index contributed by atoms with van der Waals surface area (Å²) in [6.07, 6.45) is 3.43. The van der Waals surface area contributed by atoms with Gasteiger partial charge in [-0.05, 0) is 37.2 Å². The first kappa shape index (κ1) is 17.5. The molecule has 0 aromatic heterocycles. The van der Waals surface area contributed by atoms with E-state index in [1.54, 1.807) is 6.92 Å². The van der Waals surface area contributed by atoms with Gasteiger partial charge in [-0.25, -0.2) is 0 Å². The van der Waals surface area contributed by atoms with Crippen molar-refractivity contribution in [1.29, 1.82) is 5.26 Å². The van der Waals surface area contributed by atoms with Crippen molar-refractivity contribution in [3.63, 3.8) is 0 Å². The van der Waals surface area contributed by atoms with Crippen LogP contribution < -0.4 is 10.6 Å². The zero-order valence-corrected chi connectivity index (χ0v) is 14.3. The Bertz CT molecular complexity index is 564. The first-order chi connectivity index (χ1) is 11.0. The summed E-state index contributed by atoms with van der Waals surface area (Å²) in [6.45, 7) is 5.93. The second-order valence-electron chi connectivity index (χ2n) is 6.95. The normalized spacial score (nSPS) is 23.3. The van der Waals surface area contributed by atoms with E-state index in [1.807, 2.05) is 19.9 Å². The van der Waals surface area contributed by atoms with Gasteiger partial charge in [0.1, 0.15) is 5.54 Å². The Morgan fingerprint density at radius 2 is 2.04 bits per heavy atom. The lowest BCUT2D eigenvalue weighted by molar-refractivity contribution is -0.122. The second kappa shape index (κ2) is 7.61. The highest BCUT2D eigenvalue weighted by Gasteiger charge is 2.31. The Morgan fingerprint density at radius 1 is 1.35 bits per heavy atom. The molecule has 1 saturated carbocycles. The van der Waals surface area contributed by atoms with Crippen molar-refractivity contribution in [1.82, 2.24) is 10.6 Å². The van der Waals surface area contributed by atoms with Crippen molar-refractivity contribution in [2.45, 2.75) is 57.5 Å². The predicted molar refractivity (Wildman–Crippen MR) is 91.8 cm³/mol. The van der Waals surface area contributed by atoms with E-state index in [9.17, 15) is 10.1 Å². The van der Waals surface area contributed by atoms with E-state index < -0.39 is 5.54 Å². The molecule has 0 saturated heterocycles. The van der Waals surface area contributed by atoms with Gasteiger partial charge in [-0.1, -0.05) is 50.6 Å². The average molecular weight is 313 g/mol. The molecule has 3 atom stereocenters. The topological polar surface area (TPSA) is 64.9 Å². The first-order valence-corrected chi connectivity index (χ1v) is 8.47. The summed E-state index contributed by atoms with van der Waals surface area (Å²) >= 11 is 0. The number of amides is 1. The zero-order valence-electron chi connectivity index (χ0n) is 14.3. The van der Waals surface area contributed by atoms with Gasteiger partial charge in [0.15, 0.2) is 0 Å². The Hall–Kier alpha value is -1.86. The van der Waals surface area contributed by atoms with E-state index in [0.717, 1.165) is 12.8 Å². The molecule has 23 heavy (non-hydrogen) atoms. The van der Waals surface area contributed by atoms with Gasteiger partial charge in [-0.3, -0.25) is 4.79 Å². The lowest BCUT2D eigenvalue weighted by Crippen LogP contribution is -2.52. The first-order valence-electron chi connectivity index (χ1n) is 8.47. The molecule has 0 heterocycles. The Balaban J connectivity index is 1.90. The quantitative estimate of drug-likeness (QED) is 0.848. The largest absolute Gasteiger partial charge is 0.337 e. The standard InChI is InChI=1S/C19H27N3O/c1-14(2)19(3,13-20)22-18(23)12-21-17-11-7-10-16(17)15-8-5-4-6-9-15/h4-6,8-9,14,16-17,21H,7,10-12H2,1-3H3,(H,22,23). The molecule has 1 aliphatic carbocycles. The van der Waals surface area contributed by atoms with Crippen LogP contribution in [0.15, 0.2) is 30.3 Å². The molecule has 3 unspecified atom stereocenters. The molecule has 0 aliphatic heterocycles. The maximum Gasteiger partial charge on any atom is 0.235 e. The second-order valence-corrected chi connectivity index (χ2v) is 6.95. The SMILES string of the molecule is CC(C)C(C)(C#N)NC(=O)CNC1CCCC1c1ccccc1. The summed E-state index contributed by atoms with van der Waals surface area (Å²) in [7, 11) is 0. The number of hydrogen-bond acceptors (Lipinski definition) is 3. The van der Waals surface area contributed by atoms with Gasteiger partial charge in [0.25, 0.3) is 0 Å². The molecule has 0 spiro atoms. The minimum absolute atomic E-state index is 0.0694. The molecule has 1 aliphatic rings. The van der Waals surface area contributed by atoms with Gasteiger partial charge in [-0.15, -0.1) is 0 Å². The van der Waals surface area contributed by atoms with Crippen LogP contribution in [0, 0.1) is 17.2 Å². The van der Waals surface area contributed by atoms with E-state index in [2.05, 4.69) is 41.0 Å². The van der Waals surface area contributed by atoms with Crippen molar-refractivity contribution in [3.8, 4) is 6.07 Å². The van der Waals surface area contributed by atoms with Crippen LogP contribution in [-0.2, 0) is 4.79 Å². The number of nitrogens with zero attached hydrogens (tertiary/aromatic N) is 1. The number of nitrogens with one attached hydrogen (secondary N) is 2. The molecule has 0 radical (unpaired) electrons. The Kier molecular flexibility index (Phi) is 5.79. The van der Waals surface area contributed by atoms with E-state index in [4.69, 9.17) is 0 Å². The maximum absolute atomic E-state index is 12.2. The molecular formula is C19H27N3O. The third-order valence-electron chi connectivity index (χ3n) is 5.05. The fourth-order valence-corrected chi connectivity index (χ4v) is 3.16. The highest BCUT2D eigenvalue weighted by atomic mass is 16.2. The molecule has 0 bridgehead atoms. The summed E-state index contributed by atoms with van der Waals surface area (Å²) in [6, 6.07) is 13.0. The molecular weight excluding hydrogens is 286 g/mol. The van der Waals surface area contributed by atoms with Gasteiger partial charge in [-0.2, -0.15) is 5.26 Å². The predicted octanol–water partition coefficient (Wildman–Crippen LogP) is 2.97. The number of hydrogen-bond donors (Lipinski definition) is 2. The lowest BCUT2D eigenvalue weighted by Gasteiger charge is -2.28. The van der Waals surface area contributed by atoms with Crippen molar-refractivity contribution in [2.24, 2.45) is 5.92 Å². The van der Waals surface area contributed by atoms with E-state index >= 15 is 0 Å². The molecule has 1 fully saturated rings. The monoisotopic (exact) mass is 313 g/mol. The van der Waals surface area contributed by atoms with Gasteiger partial charge < -0.3 is 10.6 Å². The molecule has 2 rings (SSSR count). The van der Waals surface area contributed by atoms with Crippen LogP contribution in [0.1, 0.15) is 51.5 Å². The molecule has 1 aromatic carbocycles. The van der Waals surface area contributed by atoms with Crippen LogP contribution in [0.3, 0.4) is 0 Å². The summed E-state index contributed by atoms with van der Waals surface area (Å²) < 4.78 is 0. The summed E-state index contributed by atoms with van der Waals surface area (Å²) in [5, 5.41) is 15.5. The minimum Gasteiger partial charge on any atom is -0.337 e. The van der Waals surface area contributed by atoms with Crippen LogP contribution in [-0.4, -0.2) is 24.0 Å². The molecule has 1 aromatic rings. The molecule has 4 heteroatoms. The van der Waals surface area contributed by atoms with Crippen LogP contribution in [0.5, 0.6) is 0 Å². The van der Waals surface area contributed by atoms with E-state index in [-0.39, 0.29) is 18.4 Å². The average Bonchev–Trinajstić information content (AvgIpc) is 3.02. The third kappa shape index (κ3) is 4.33. The van der Waals surface area contributed by atoms with Crippen molar-refractivity contribution in [2.75, 3.05) is 6.54 Å². The number of carbonyl (C=O) groups is 1. The zero-order chi connectivity index (χ0) is 16.9. The summed E-state index contributed by atoms with van der Waals surface area (Å²) in [5.74, 6) is 0.429. The Morgan fingerprint density at radius 3 is 2.65 bits per heavy atom. The summed E-state index contributed by atoms with van der Waals surface area (Å²) in [4.78, 5) is 12.2. The Labute approximate surface area is 139 Å². The molecule has 4 nitrogen and oxygen atoms in total. The van der Waals surface area contributed by atoms with Crippen LogP contribution >= 0.6 is 0 Å². The van der Waals surface area contributed by atoms with Gasteiger partial charge in [0, 0.05) is 6.04 Å². The van der Waals surface area contributed by atoms with Crippen molar-refractivity contribution >= 4 is 5.91 Å². The van der Waals surface area contributed by atoms with Crippen LogP contribution in [0.2, 0.25) is 0 Å². The lowest BCUT2D eigenvalue weighted by atomic mass is 9.90. The number of nitriles is 1. The van der Waals surface area contributed by atoms with E-state index in [1.165, 1.54) is 12.0 Å². The number of rotatable bonds is 6. The minimum atomic E-state index is -0.812. The fraction of sp³-hybridized carbons (Fsp3) is 0.579. The molecule has 1 amide bonds. The highest BCUT2D eigenvalue weighted by molar-refractivity contribution is 5.79. The number of benzene rings is 1. The van der Waals surface area contributed by atoms with Gasteiger partial charge in [0.2, 0.25) is 5.91 Å². The van der Waals surface area contributed by atoms with E-state index in [0.29, 0.717) is 12.0 Å². The third-order valence-corrected chi connectivity index (χ3v) is 5.05. The van der Waals surface area contributed by atoms with Crippen molar-refractivity contribution < 1.29 is 4.79 Å². The highest BCUT2D eigenvalue weighted by Crippen LogP contribution is 2.34. The van der Waals surface area contributed by atoms with Crippen molar-refractivity contribution in [3.05, 3.63) is 35.9 Å². The fourth-order valence-electron chi connectivity index (χ4n) is 3.16. The number of carbonyl (C=O) groups excluding carboxylic acids is 1. The smallest absolute Gasteiger partial charge is 0.235 e. The van der Waals surface area contributed by atoms with Gasteiger partial charge in [0.05, 0.1) is 12.6 Å². The van der Waals surface area contributed by atoms with Gasteiger partial charge >= 0.3 is 0 Å². The molecule has 2 N–H and O–H groups in total. The van der Waals surface area contributed by atoms with Crippen LogP contribution in [0.4, 0.5) is 0 Å². The maximum atomic E-state index is 12.2. The van der Waals surface area contributed by atoms with Crippen LogP contribution in [0.25, 0.3) is 0 Å².